The molecule has 0 heterocycles. The van der Waals surface area contributed by atoms with Crippen LogP contribution in [0.3, 0.4) is 0 Å². The fourth-order valence-electron chi connectivity index (χ4n) is 3.81. The predicted molar refractivity (Wildman–Crippen MR) is 134 cm³/mol. The number of benzene rings is 4. The van der Waals surface area contributed by atoms with Crippen LogP contribution in [0.5, 0.6) is 0 Å². The normalized spacial score (nSPS) is 11.0. The zero-order valence-electron chi connectivity index (χ0n) is 18.7. The molecule has 0 aromatic heterocycles. The van der Waals surface area contributed by atoms with E-state index in [-0.39, 0.29) is 5.82 Å². The van der Waals surface area contributed by atoms with Gasteiger partial charge < -0.3 is 0 Å². The molecule has 0 N–H and O–H groups in total. The number of hydrogen-bond acceptors (Lipinski definition) is 0. The summed E-state index contributed by atoms with van der Waals surface area (Å²) in [6.45, 7) is 4.17. The van der Waals surface area contributed by atoms with E-state index >= 15 is 4.39 Å². The van der Waals surface area contributed by atoms with E-state index in [9.17, 15) is 0 Å². The van der Waals surface area contributed by atoms with Gasteiger partial charge in [-0.25, -0.2) is 4.39 Å². The van der Waals surface area contributed by atoms with Crippen molar-refractivity contribution in [3.8, 4) is 23.0 Å². The van der Waals surface area contributed by atoms with E-state index < -0.39 is 0 Å². The monoisotopic (exact) mass is 418 g/mol. The molecule has 4 aromatic rings. The van der Waals surface area contributed by atoms with E-state index in [1.54, 1.807) is 6.07 Å². The lowest BCUT2D eigenvalue weighted by Gasteiger charge is -2.07. The molecule has 0 spiro atoms. The van der Waals surface area contributed by atoms with Crippen LogP contribution in [0.1, 0.15) is 42.5 Å². The quantitative estimate of drug-likeness (QED) is 0.227. The molecule has 32 heavy (non-hydrogen) atoms. The van der Waals surface area contributed by atoms with Crippen molar-refractivity contribution in [1.29, 1.82) is 0 Å². The van der Waals surface area contributed by atoms with Crippen LogP contribution in [0.2, 0.25) is 0 Å². The van der Waals surface area contributed by atoms with Gasteiger partial charge in [0.2, 0.25) is 0 Å². The van der Waals surface area contributed by atoms with Gasteiger partial charge in [0.15, 0.2) is 0 Å². The summed E-state index contributed by atoms with van der Waals surface area (Å²) in [6, 6.07) is 26.4. The van der Waals surface area contributed by atoms with Crippen LogP contribution in [0.25, 0.3) is 21.9 Å². The van der Waals surface area contributed by atoms with Crippen LogP contribution in [-0.4, -0.2) is 0 Å². The highest BCUT2D eigenvalue weighted by Gasteiger charge is 2.07. The fraction of sp³-hybridized carbons (Fsp3) is 0.161. The number of allylic oxidation sites excluding steroid dienone is 2. The number of rotatable bonds is 5. The summed E-state index contributed by atoms with van der Waals surface area (Å²) >= 11 is 0. The number of aryl methyl sites for hydroxylation is 2. The molecule has 0 radical (unpaired) electrons. The summed E-state index contributed by atoms with van der Waals surface area (Å²) < 4.78 is 15.1. The van der Waals surface area contributed by atoms with E-state index in [4.69, 9.17) is 0 Å². The smallest absolute Gasteiger partial charge is 0.146 e. The van der Waals surface area contributed by atoms with Gasteiger partial charge in [0, 0.05) is 10.9 Å². The van der Waals surface area contributed by atoms with Crippen LogP contribution in [0, 0.1) is 17.7 Å². The van der Waals surface area contributed by atoms with Crippen LogP contribution in [0.4, 0.5) is 4.39 Å². The fourth-order valence-corrected chi connectivity index (χ4v) is 3.81. The number of halogens is 1. The molecule has 0 amide bonds. The van der Waals surface area contributed by atoms with Gasteiger partial charge in [0.05, 0.1) is 5.56 Å². The second-order valence-electron chi connectivity index (χ2n) is 7.97. The van der Waals surface area contributed by atoms with Crippen LogP contribution >= 0.6 is 0 Å². The summed E-state index contributed by atoms with van der Waals surface area (Å²) in [4.78, 5) is 0. The molecular formula is C31H27F. The molecule has 4 rings (SSSR count). The highest BCUT2D eigenvalue weighted by atomic mass is 19.1. The lowest BCUT2D eigenvalue weighted by Crippen LogP contribution is -1.88. The van der Waals surface area contributed by atoms with Crippen molar-refractivity contribution in [3.05, 3.63) is 119 Å². The molecule has 158 valence electrons. The van der Waals surface area contributed by atoms with Crippen molar-refractivity contribution < 1.29 is 4.39 Å². The van der Waals surface area contributed by atoms with Crippen LogP contribution in [-0.2, 0) is 12.8 Å². The van der Waals surface area contributed by atoms with E-state index in [1.807, 2.05) is 43.3 Å². The molecule has 0 fully saturated rings. The van der Waals surface area contributed by atoms with Gasteiger partial charge in [0.1, 0.15) is 5.82 Å². The van der Waals surface area contributed by atoms with Gasteiger partial charge in [-0.1, -0.05) is 85.5 Å². The minimum atomic E-state index is -0.258. The maximum atomic E-state index is 15.1. The third kappa shape index (κ3) is 4.98. The van der Waals surface area contributed by atoms with Crippen molar-refractivity contribution >= 4 is 10.8 Å². The number of fused-ring (bicyclic) bond motifs is 1. The van der Waals surface area contributed by atoms with Gasteiger partial charge in [0.25, 0.3) is 0 Å². The zero-order valence-corrected chi connectivity index (χ0v) is 18.7. The van der Waals surface area contributed by atoms with E-state index in [1.165, 1.54) is 11.1 Å². The maximum absolute atomic E-state index is 15.1. The first-order valence-corrected chi connectivity index (χ1v) is 11.2. The Morgan fingerprint density at radius 3 is 2.22 bits per heavy atom. The first-order valence-electron chi connectivity index (χ1n) is 11.2. The summed E-state index contributed by atoms with van der Waals surface area (Å²) in [5.41, 5.74) is 6.15. The molecule has 0 saturated carbocycles. The molecule has 0 nitrogen and oxygen atoms in total. The largest absolute Gasteiger partial charge is 0.205 e. The van der Waals surface area contributed by atoms with Crippen LogP contribution < -0.4 is 0 Å². The Balaban J connectivity index is 1.57. The number of hydrogen-bond donors (Lipinski definition) is 0. The lowest BCUT2D eigenvalue weighted by molar-refractivity contribution is 0.636. The summed E-state index contributed by atoms with van der Waals surface area (Å²) in [5, 5.41) is 1.49. The highest BCUT2D eigenvalue weighted by molar-refractivity contribution is 5.89. The van der Waals surface area contributed by atoms with Gasteiger partial charge in [-0.15, -0.1) is 0 Å². The predicted octanol–water partition coefficient (Wildman–Crippen LogP) is 8.12. The van der Waals surface area contributed by atoms with Gasteiger partial charge in [-0.3, -0.25) is 0 Å². The van der Waals surface area contributed by atoms with Gasteiger partial charge >= 0.3 is 0 Å². The second-order valence-corrected chi connectivity index (χ2v) is 7.97. The van der Waals surface area contributed by atoms with E-state index in [0.717, 1.165) is 41.3 Å². The lowest BCUT2D eigenvalue weighted by atomic mass is 9.98. The summed E-state index contributed by atoms with van der Waals surface area (Å²) in [5.74, 6) is 5.83. The molecule has 0 aliphatic carbocycles. The maximum Gasteiger partial charge on any atom is 0.146 e. The van der Waals surface area contributed by atoms with Crippen molar-refractivity contribution in [1.82, 2.24) is 0 Å². The first-order chi connectivity index (χ1) is 15.7. The highest BCUT2D eigenvalue weighted by Crippen LogP contribution is 2.28. The van der Waals surface area contributed by atoms with Gasteiger partial charge in [-0.2, -0.15) is 0 Å². The Morgan fingerprint density at radius 1 is 0.781 bits per heavy atom. The molecule has 0 aliphatic rings. The third-order valence-corrected chi connectivity index (χ3v) is 5.78. The Kier molecular flexibility index (Phi) is 6.83. The van der Waals surface area contributed by atoms with E-state index in [0.29, 0.717) is 10.9 Å². The van der Waals surface area contributed by atoms with Crippen molar-refractivity contribution in [2.75, 3.05) is 0 Å². The summed E-state index contributed by atoms with van der Waals surface area (Å²) in [7, 11) is 0. The minimum absolute atomic E-state index is 0.258. The Hall–Kier alpha value is -3.63. The molecule has 1 heteroatoms. The topological polar surface area (TPSA) is 0 Å². The summed E-state index contributed by atoms with van der Waals surface area (Å²) in [6.07, 6.45) is 7.37. The standard InChI is InChI=1S/C31H27F/c1-3-5-6-7-24-12-15-26(16-13-24)28-20-21-30-29(22-28)19-18-27(31(30)32)17-14-25-10-8-23(4-2)9-11-25/h3,5,8-13,15-16,18-22H,4,6-7H2,1-2H3/b5-3+. The Bertz CT molecular complexity index is 1300. The van der Waals surface area contributed by atoms with Crippen LogP contribution in [0.15, 0.2) is 91.0 Å². The molecule has 0 atom stereocenters. The molecule has 0 unspecified atom stereocenters. The molecule has 0 bridgehead atoms. The van der Waals surface area contributed by atoms with Crippen molar-refractivity contribution in [2.45, 2.75) is 33.1 Å². The average molecular weight is 419 g/mol. The molecule has 0 aliphatic heterocycles. The Morgan fingerprint density at radius 2 is 1.50 bits per heavy atom. The molecule has 4 aromatic carbocycles. The molecular weight excluding hydrogens is 391 g/mol. The Labute approximate surface area is 190 Å². The van der Waals surface area contributed by atoms with E-state index in [2.05, 4.69) is 67.3 Å². The third-order valence-electron chi connectivity index (χ3n) is 5.78. The van der Waals surface area contributed by atoms with Crippen molar-refractivity contribution in [3.63, 3.8) is 0 Å². The average Bonchev–Trinajstić information content (AvgIpc) is 2.84. The SMILES string of the molecule is C/C=C/CCc1ccc(-c2ccc3c(F)c(C#Cc4ccc(CC)cc4)ccc3c2)cc1. The first kappa shape index (κ1) is 21.6. The second kappa shape index (κ2) is 10.1. The van der Waals surface area contributed by atoms with Crippen molar-refractivity contribution in [2.24, 2.45) is 0 Å². The van der Waals surface area contributed by atoms with Gasteiger partial charge in [-0.05, 0) is 78.1 Å². The minimum Gasteiger partial charge on any atom is -0.205 e. The molecule has 0 saturated heterocycles. The zero-order chi connectivity index (χ0) is 22.3.